The molecule has 0 atom stereocenters. The van der Waals surface area contributed by atoms with Crippen molar-refractivity contribution >= 4 is 47.8 Å². The lowest BCUT2D eigenvalue weighted by Gasteiger charge is -2.10. The first kappa shape index (κ1) is 13.3. The lowest BCUT2D eigenvalue weighted by molar-refractivity contribution is 0.826. The van der Waals surface area contributed by atoms with E-state index in [1.54, 1.807) is 0 Å². The van der Waals surface area contributed by atoms with Crippen LogP contribution < -0.4 is 0 Å². The van der Waals surface area contributed by atoms with Crippen molar-refractivity contribution in [3.8, 4) is 5.69 Å². The van der Waals surface area contributed by atoms with Crippen molar-refractivity contribution in [3.05, 3.63) is 44.1 Å². The fraction of sp³-hybridized carbons (Fsp3) is 0.250. The van der Waals surface area contributed by atoms with E-state index < -0.39 is 0 Å². The Morgan fingerprint density at radius 1 is 1.24 bits per heavy atom. The van der Waals surface area contributed by atoms with Gasteiger partial charge in [-0.25, -0.2) is 4.68 Å². The first-order valence-electron chi connectivity index (χ1n) is 5.11. The summed E-state index contributed by atoms with van der Waals surface area (Å²) in [6.45, 7) is 4.06. The van der Waals surface area contributed by atoms with E-state index in [4.69, 9.17) is 0 Å². The summed E-state index contributed by atoms with van der Waals surface area (Å²) >= 11 is 10.6. The molecule has 0 aliphatic carbocycles. The van der Waals surface area contributed by atoms with Crippen LogP contribution >= 0.6 is 47.8 Å². The number of aryl methyl sites for hydroxylation is 1. The van der Waals surface area contributed by atoms with E-state index in [0.29, 0.717) is 0 Å². The Morgan fingerprint density at radius 2 is 1.94 bits per heavy atom. The third-order valence-electron chi connectivity index (χ3n) is 2.62. The van der Waals surface area contributed by atoms with E-state index in [2.05, 4.69) is 71.9 Å². The maximum absolute atomic E-state index is 4.56. The number of nitrogens with zero attached hydrogens (tertiary/aromatic N) is 2. The molecule has 0 spiro atoms. The molecule has 0 radical (unpaired) electrons. The smallest absolute Gasteiger partial charge is 0.0743 e. The molecule has 1 aromatic carbocycles. The zero-order chi connectivity index (χ0) is 12.6. The molecule has 2 nitrogen and oxygen atoms in total. The maximum Gasteiger partial charge on any atom is 0.0743 e. The summed E-state index contributed by atoms with van der Waals surface area (Å²) in [6, 6.07) is 6.22. The number of hydrogen-bond acceptors (Lipinski definition) is 1. The molecule has 0 aliphatic rings. The predicted molar refractivity (Wildman–Crippen MR) is 81.1 cm³/mol. The standard InChI is InChI=1S/C12H11Br3N2/c1-7-12(15)8(2)17(16-7)11-5-10(14)4-3-9(11)6-13/h3-5H,6H2,1-2H3. The predicted octanol–water partition coefficient (Wildman–Crippen LogP) is 4.91. The van der Waals surface area contributed by atoms with Gasteiger partial charge in [0.2, 0.25) is 0 Å². The molecule has 0 N–H and O–H groups in total. The van der Waals surface area contributed by atoms with Crippen molar-refractivity contribution in [2.24, 2.45) is 0 Å². The summed E-state index contributed by atoms with van der Waals surface area (Å²) < 4.78 is 4.10. The molecule has 0 saturated heterocycles. The summed E-state index contributed by atoms with van der Waals surface area (Å²) in [7, 11) is 0. The molecule has 2 aromatic rings. The molecule has 17 heavy (non-hydrogen) atoms. The van der Waals surface area contributed by atoms with Crippen LogP contribution in [-0.2, 0) is 5.33 Å². The lowest BCUT2D eigenvalue weighted by Crippen LogP contribution is -2.02. The van der Waals surface area contributed by atoms with E-state index >= 15 is 0 Å². The van der Waals surface area contributed by atoms with Crippen molar-refractivity contribution in [1.29, 1.82) is 0 Å². The van der Waals surface area contributed by atoms with Gasteiger partial charge in [0.05, 0.1) is 21.5 Å². The summed E-state index contributed by atoms with van der Waals surface area (Å²) in [4.78, 5) is 0. The fourth-order valence-corrected chi connectivity index (χ4v) is 2.78. The molecule has 5 heteroatoms. The minimum atomic E-state index is 0.811. The molecule has 1 heterocycles. The Bertz CT molecular complexity index is 561. The molecule has 0 bridgehead atoms. The van der Waals surface area contributed by atoms with Gasteiger partial charge in [0.25, 0.3) is 0 Å². The quantitative estimate of drug-likeness (QED) is 0.629. The second kappa shape index (κ2) is 5.24. The number of rotatable bonds is 2. The van der Waals surface area contributed by atoms with Crippen molar-refractivity contribution in [2.45, 2.75) is 19.2 Å². The third kappa shape index (κ3) is 2.51. The normalized spacial score (nSPS) is 10.9. The highest BCUT2D eigenvalue weighted by atomic mass is 79.9. The van der Waals surface area contributed by atoms with Crippen LogP contribution in [0.2, 0.25) is 0 Å². The SMILES string of the molecule is Cc1nn(-c2cc(Br)ccc2CBr)c(C)c1Br. The van der Waals surface area contributed by atoms with Gasteiger partial charge in [0, 0.05) is 9.80 Å². The molecule has 1 aromatic heterocycles. The first-order valence-corrected chi connectivity index (χ1v) is 7.82. The Hall–Kier alpha value is -0.130. The Morgan fingerprint density at radius 3 is 2.47 bits per heavy atom. The molecule has 0 saturated carbocycles. The van der Waals surface area contributed by atoms with Gasteiger partial charge in [-0.1, -0.05) is 37.9 Å². The number of halogens is 3. The van der Waals surface area contributed by atoms with Crippen LogP contribution in [0.4, 0.5) is 0 Å². The van der Waals surface area contributed by atoms with Crippen LogP contribution in [0.25, 0.3) is 5.69 Å². The summed E-state index contributed by atoms with van der Waals surface area (Å²) in [5.41, 5.74) is 4.43. The van der Waals surface area contributed by atoms with Crippen LogP contribution in [0.15, 0.2) is 27.1 Å². The highest BCUT2D eigenvalue weighted by molar-refractivity contribution is 9.10. The molecule has 2 rings (SSSR count). The fourth-order valence-electron chi connectivity index (χ4n) is 1.71. The van der Waals surface area contributed by atoms with Crippen molar-refractivity contribution in [1.82, 2.24) is 9.78 Å². The number of benzene rings is 1. The van der Waals surface area contributed by atoms with Crippen molar-refractivity contribution < 1.29 is 0 Å². The molecule has 0 fully saturated rings. The van der Waals surface area contributed by atoms with Gasteiger partial charge in [0.1, 0.15) is 0 Å². The molecular weight excluding hydrogens is 412 g/mol. The maximum atomic E-state index is 4.56. The zero-order valence-corrected chi connectivity index (χ0v) is 14.2. The average molecular weight is 423 g/mol. The topological polar surface area (TPSA) is 17.8 Å². The van der Waals surface area contributed by atoms with Crippen molar-refractivity contribution in [2.75, 3.05) is 0 Å². The zero-order valence-electron chi connectivity index (χ0n) is 9.47. The molecule has 0 amide bonds. The number of aromatic nitrogens is 2. The van der Waals surface area contributed by atoms with E-state index in [1.165, 1.54) is 5.56 Å². The molecular formula is C12H11Br3N2. The van der Waals surface area contributed by atoms with Gasteiger partial charge in [-0.05, 0) is 47.5 Å². The summed E-state index contributed by atoms with van der Waals surface area (Å²) in [6.07, 6.45) is 0. The molecule has 0 unspecified atom stereocenters. The monoisotopic (exact) mass is 420 g/mol. The van der Waals surface area contributed by atoms with Crippen LogP contribution in [0.3, 0.4) is 0 Å². The largest absolute Gasteiger partial charge is 0.236 e. The van der Waals surface area contributed by atoms with Gasteiger partial charge in [0.15, 0.2) is 0 Å². The highest BCUT2D eigenvalue weighted by Gasteiger charge is 2.13. The van der Waals surface area contributed by atoms with Crippen LogP contribution in [0, 0.1) is 13.8 Å². The van der Waals surface area contributed by atoms with Crippen LogP contribution in [-0.4, -0.2) is 9.78 Å². The Balaban J connectivity index is 2.67. The van der Waals surface area contributed by atoms with Gasteiger partial charge < -0.3 is 0 Å². The van der Waals surface area contributed by atoms with Gasteiger partial charge in [-0.2, -0.15) is 5.10 Å². The molecule has 0 aliphatic heterocycles. The second-order valence-electron chi connectivity index (χ2n) is 3.80. The van der Waals surface area contributed by atoms with Crippen molar-refractivity contribution in [3.63, 3.8) is 0 Å². The van der Waals surface area contributed by atoms with Gasteiger partial charge in [-0.15, -0.1) is 0 Å². The van der Waals surface area contributed by atoms with Crippen LogP contribution in [0.5, 0.6) is 0 Å². The number of hydrogen-bond donors (Lipinski definition) is 0. The summed E-state index contributed by atoms with van der Waals surface area (Å²) in [5.74, 6) is 0. The first-order chi connectivity index (χ1) is 8.04. The summed E-state index contributed by atoms with van der Waals surface area (Å²) in [5, 5.41) is 5.37. The number of alkyl halides is 1. The van der Waals surface area contributed by atoms with E-state index in [-0.39, 0.29) is 0 Å². The minimum Gasteiger partial charge on any atom is -0.236 e. The highest BCUT2D eigenvalue weighted by Crippen LogP contribution is 2.27. The minimum absolute atomic E-state index is 0.811. The Labute approximate surface area is 126 Å². The Kier molecular flexibility index (Phi) is 4.10. The molecule has 90 valence electrons. The van der Waals surface area contributed by atoms with Gasteiger partial charge in [-0.3, -0.25) is 0 Å². The van der Waals surface area contributed by atoms with Crippen LogP contribution in [0.1, 0.15) is 17.0 Å². The lowest BCUT2D eigenvalue weighted by atomic mass is 10.2. The third-order valence-corrected chi connectivity index (χ3v) is 4.87. The van der Waals surface area contributed by atoms with E-state index in [0.717, 1.165) is 31.4 Å². The average Bonchev–Trinajstić information content (AvgIpc) is 2.57. The van der Waals surface area contributed by atoms with E-state index in [1.807, 2.05) is 17.7 Å². The van der Waals surface area contributed by atoms with E-state index in [9.17, 15) is 0 Å². The second-order valence-corrected chi connectivity index (χ2v) is 6.07. The van der Waals surface area contributed by atoms with Gasteiger partial charge >= 0.3 is 0 Å².